The van der Waals surface area contributed by atoms with Gasteiger partial charge in [0.2, 0.25) is 5.91 Å². The molecule has 0 spiro atoms. The van der Waals surface area contributed by atoms with E-state index in [1.807, 2.05) is 6.08 Å². The Morgan fingerprint density at radius 1 is 0.366 bits per heavy atom. The number of ether oxygens (including phenoxy) is 6. The van der Waals surface area contributed by atoms with Crippen LogP contribution in [-0.4, -0.2) is 193 Å². The molecule has 17 atom stereocenters. The first-order chi connectivity index (χ1) is 49.3. The van der Waals surface area contributed by atoms with Crippen molar-refractivity contribution in [3.8, 4) is 0 Å². The van der Waals surface area contributed by atoms with Crippen molar-refractivity contribution in [2.45, 2.75) is 298 Å². The molecule has 0 aromatic carbocycles. The fourth-order valence-electron chi connectivity index (χ4n) is 11.1. The molecule has 1 amide bonds. The third-order valence-corrected chi connectivity index (χ3v) is 17.2. The number of carbonyl (C=O) groups is 1. The number of rotatable bonds is 55. The van der Waals surface area contributed by atoms with E-state index in [9.17, 15) is 61.0 Å². The minimum atomic E-state index is -1.99. The van der Waals surface area contributed by atoms with Crippen molar-refractivity contribution in [2.24, 2.45) is 0 Å². The van der Waals surface area contributed by atoms with Crippen molar-refractivity contribution in [1.29, 1.82) is 0 Å². The molecule has 570 valence electrons. The highest BCUT2D eigenvalue weighted by molar-refractivity contribution is 5.76. The predicted octanol–water partition coefficient (Wildman–Crippen LogP) is 11.6. The lowest BCUT2D eigenvalue weighted by atomic mass is 9.96. The molecule has 0 aromatic rings. The second-order valence-corrected chi connectivity index (χ2v) is 25.6. The molecule has 101 heavy (non-hydrogen) atoms. The van der Waals surface area contributed by atoms with Gasteiger partial charge < -0.3 is 89.9 Å². The summed E-state index contributed by atoms with van der Waals surface area (Å²) < 4.78 is 34.3. The van der Waals surface area contributed by atoms with E-state index in [4.69, 9.17) is 28.4 Å². The molecule has 0 bridgehead atoms. The van der Waals surface area contributed by atoms with Crippen molar-refractivity contribution in [2.75, 3.05) is 26.4 Å². The van der Waals surface area contributed by atoms with Crippen LogP contribution in [0.5, 0.6) is 0 Å². The van der Waals surface area contributed by atoms with Crippen molar-refractivity contribution in [1.82, 2.24) is 5.32 Å². The Labute approximate surface area is 604 Å². The van der Waals surface area contributed by atoms with Crippen molar-refractivity contribution >= 4 is 5.91 Å². The van der Waals surface area contributed by atoms with Crippen LogP contribution in [0.3, 0.4) is 0 Å². The highest BCUT2D eigenvalue weighted by atomic mass is 16.8. The number of nitrogens with one attached hydrogen (secondary N) is 1. The minimum Gasteiger partial charge on any atom is -0.394 e. The molecular weight excluding hydrogens is 1290 g/mol. The maximum atomic E-state index is 13.4. The number of carbonyl (C=O) groups excluding carboxylic acids is 1. The summed E-state index contributed by atoms with van der Waals surface area (Å²) in [6.45, 7) is 1.52. The Hall–Kier alpha value is -5.11. The first kappa shape index (κ1) is 90.1. The van der Waals surface area contributed by atoms with E-state index >= 15 is 0 Å². The van der Waals surface area contributed by atoms with Gasteiger partial charge in [-0.15, -0.1) is 0 Å². The molecule has 0 aliphatic carbocycles. The molecule has 19 nitrogen and oxygen atoms in total. The van der Waals surface area contributed by atoms with Crippen LogP contribution in [0, 0.1) is 0 Å². The summed E-state index contributed by atoms with van der Waals surface area (Å²) in [6.07, 6.45) is 64.5. The zero-order valence-corrected chi connectivity index (χ0v) is 60.5. The summed E-state index contributed by atoms with van der Waals surface area (Å²) in [5.74, 6) is -0.323. The van der Waals surface area contributed by atoms with E-state index in [0.717, 1.165) is 128 Å². The van der Waals surface area contributed by atoms with Gasteiger partial charge in [-0.05, 0) is 135 Å². The Kier molecular flexibility index (Phi) is 53.7. The molecule has 17 unspecified atom stereocenters. The maximum Gasteiger partial charge on any atom is 0.220 e. The van der Waals surface area contributed by atoms with E-state index in [-0.39, 0.29) is 12.3 Å². The van der Waals surface area contributed by atoms with Gasteiger partial charge in [-0.3, -0.25) is 4.79 Å². The lowest BCUT2D eigenvalue weighted by Crippen LogP contribution is -2.66. The van der Waals surface area contributed by atoms with Crippen LogP contribution in [0.4, 0.5) is 0 Å². The van der Waals surface area contributed by atoms with Crippen molar-refractivity contribution in [3.05, 3.63) is 182 Å². The summed E-state index contributed by atoms with van der Waals surface area (Å²) in [7, 11) is 0. The third kappa shape index (κ3) is 40.7. The Balaban J connectivity index is 1.37. The Bertz CT molecular complexity index is 2540. The van der Waals surface area contributed by atoms with Crippen LogP contribution in [0.2, 0.25) is 0 Å². The first-order valence-electron chi connectivity index (χ1n) is 37.5. The smallest absolute Gasteiger partial charge is 0.220 e. The fourth-order valence-corrected chi connectivity index (χ4v) is 11.1. The number of hydrogen-bond donors (Lipinski definition) is 12. The summed E-state index contributed by atoms with van der Waals surface area (Å²) >= 11 is 0. The molecule has 3 rings (SSSR count). The molecular formula is C82H129NO18. The first-order valence-corrected chi connectivity index (χ1v) is 37.5. The molecule has 3 fully saturated rings. The van der Waals surface area contributed by atoms with E-state index < -0.39 is 131 Å². The average Bonchev–Trinajstić information content (AvgIpc) is 0.782. The molecule has 3 heterocycles. The van der Waals surface area contributed by atoms with Crippen LogP contribution in [0.1, 0.15) is 194 Å². The maximum absolute atomic E-state index is 13.4. The fraction of sp³-hybridized carbons (Fsp3) is 0.622. The largest absolute Gasteiger partial charge is 0.394 e. The van der Waals surface area contributed by atoms with Gasteiger partial charge in [0.15, 0.2) is 18.9 Å². The van der Waals surface area contributed by atoms with Crippen molar-refractivity contribution in [3.63, 3.8) is 0 Å². The van der Waals surface area contributed by atoms with Crippen LogP contribution >= 0.6 is 0 Å². The SMILES string of the molecule is CC/C=C\C/C=C\C/C=C\C/C=C\C/C=C\C/C=C\C/C=C\C/C=C\C/C=C\C/C=C\C/C=C\C/C=C\CCCCCCC(=O)NC(COC1OC(CO)C(OC2OC(CO)C(OC3OC(CO)C(O)C(O)C3O)C(O)C2O)C(O)C1O)C(O)/C=C/CC/C=C/CC/C=C/CCCCCCC. The lowest BCUT2D eigenvalue weighted by molar-refractivity contribution is -0.379. The Morgan fingerprint density at radius 2 is 0.693 bits per heavy atom. The van der Waals surface area contributed by atoms with E-state index in [0.29, 0.717) is 12.8 Å². The second kappa shape index (κ2) is 60.2. The lowest BCUT2D eigenvalue weighted by Gasteiger charge is -2.48. The summed E-state index contributed by atoms with van der Waals surface area (Å²) in [5.41, 5.74) is 0. The monoisotopic (exact) mass is 1420 g/mol. The van der Waals surface area contributed by atoms with Gasteiger partial charge >= 0.3 is 0 Å². The van der Waals surface area contributed by atoms with Gasteiger partial charge in [-0.25, -0.2) is 0 Å². The molecule has 3 aliphatic rings. The molecule has 0 radical (unpaired) electrons. The minimum absolute atomic E-state index is 0.189. The molecule has 19 heteroatoms. The highest BCUT2D eigenvalue weighted by Gasteiger charge is 2.53. The van der Waals surface area contributed by atoms with Gasteiger partial charge in [-0.1, -0.05) is 235 Å². The number of unbranched alkanes of at least 4 members (excludes halogenated alkanes) is 11. The van der Waals surface area contributed by atoms with E-state index in [2.05, 4.69) is 189 Å². The van der Waals surface area contributed by atoms with Crippen LogP contribution in [-0.2, 0) is 33.2 Å². The number of hydrogen-bond acceptors (Lipinski definition) is 18. The molecule has 0 saturated carbocycles. The summed E-state index contributed by atoms with van der Waals surface area (Å²) in [6, 6.07) is -1.02. The van der Waals surface area contributed by atoms with Gasteiger partial charge in [-0.2, -0.15) is 0 Å². The number of allylic oxidation sites excluding steroid dienone is 29. The topological polar surface area (TPSA) is 307 Å². The number of aliphatic hydroxyl groups is 11. The second-order valence-electron chi connectivity index (χ2n) is 25.6. The summed E-state index contributed by atoms with van der Waals surface area (Å²) in [5, 5.41) is 120. The van der Waals surface area contributed by atoms with Crippen LogP contribution < -0.4 is 5.32 Å². The van der Waals surface area contributed by atoms with Gasteiger partial charge in [0.05, 0.1) is 38.6 Å². The quantitative estimate of drug-likeness (QED) is 0.0199. The molecule has 12 N–H and O–H groups in total. The molecule has 0 aromatic heterocycles. The highest BCUT2D eigenvalue weighted by Crippen LogP contribution is 2.33. The Morgan fingerprint density at radius 3 is 1.10 bits per heavy atom. The van der Waals surface area contributed by atoms with Crippen LogP contribution in [0.25, 0.3) is 0 Å². The third-order valence-electron chi connectivity index (χ3n) is 17.2. The number of amides is 1. The van der Waals surface area contributed by atoms with E-state index in [1.165, 1.54) is 32.1 Å². The van der Waals surface area contributed by atoms with Gasteiger partial charge in [0, 0.05) is 6.42 Å². The molecule has 3 aliphatic heterocycles. The van der Waals surface area contributed by atoms with E-state index in [1.54, 1.807) is 6.08 Å². The van der Waals surface area contributed by atoms with Gasteiger partial charge in [0.25, 0.3) is 0 Å². The standard InChI is InChI=1S/C82H129NO18/c1-3-5-7-9-11-13-15-17-19-20-21-22-23-24-25-26-27-28-29-30-31-32-33-34-35-36-37-38-39-40-41-42-43-44-46-48-50-52-54-56-58-60-70(88)83-65(66(87)59-57-55-53-51-49-47-45-18-16-14-12-10-8-6-4-2)64-96-80-76(94)73(91)78(68(62-85)98-80)101-82-77(95)74(92)79(69(63-86)99-82)100-81-75(93)72(90)71(89)67(61-84)97-81/h5,7,11,13,16-19,21-22,24-25,27-28,30-31,33-34,36-37,39-40,42-43,46,48-49,51,57,59,65-69,71-82,84-87,89-95H,3-4,6,8-10,12,14-15,20,23,26,29,32,35,38,41,44-45,47,50,52-56,58,60-64H2,1-2H3,(H,83,88)/b7-5-,13-11-,18-16+,19-17-,22-21-,25-24-,28-27-,31-30-,34-33-,37-36-,40-39-,43-42-,48-46-,51-49+,59-57+. The normalized spacial score (nSPS) is 27.4. The zero-order chi connectivity index (χ0) is 73.2. The molecule has 3 saturated heterocycles. The van der Waals surface area contributed by atoms with Gasteiger partial charge in [0.1, 0.15) is 73.2 Å². The number of aliphatic hydroxyl groups excluding tert-OH is 11. The average molecular weight is 1420 g/mol. The zero-order valence-electron chi connectivity index (χ0n) is 60.5. The summed E-state index contributed by atoms with van der Waals surface area (Å²) in [4.78, 5) is 13.4. The van der Waals surface area contributed by atoms with Crippen molar-refractivity contribution < 1.29 is 89.4 Å². The van der Waals surface area contributed by atoms with Crippen LogP contribution in [0.15, 0.2) is 182 Å². The predicted molar refractivity (Wildman–Crippen MR) is 401 cm³/mol.